The van der Waals surface area contributed by atoms with Gasteiger partial charge in [0.05, 0.1) is 5.69 Å². The van der Waals surface area contributed by atoms with Gasteiger partial charge in [-0.15, -0.1) is 11.3 Å². The molecule has 0 saturated carbocycles. The van der Waals surface area contributed by atoms with Gasteiger partial charge in [-0.25, -0.2) is 0 Å². The fourth-order valence-corrected chi connectivity index (χ4v) is 3.48. The summed E-state index contributed by atoms with van der Waals surface area (Å²) < 4.78 is 2.01. The molecule has 0 aliphatic heterocycles. The lowest BCUT2D eigenvalue weighted by molar-refractivity contribution is 0.639. The second-order valence-corrected chi connectivity index (χ2v) is 6.57. The highest BCUT2D eigenvalue weighted by Gasteiger charge is 2.20. The lowest BCUT2D eigenvalue weighted by Crippen LogP contribution is -2.33. The molecule has 21 heavy (non-hydrogen) atoms. The number of nitrogens with one attached hydrogen (secondary N) is 1. The second-order valence-electron chi connectivity index (χ2n) is 5.53. The van der Waals surface area contributed by atoms with Gasteiger partial charge in [0, 0.05) is 43.5 Å². The molecule has 1 atom stereocenters. The monoisotopic (exact) mass is 306 g/mol. The third-order valence-electron chi connectivity index (χ3n) is 3.94. The molecular formula is C16H26N4S. The first-order chi connectivity index (χ1) is 10.0. The van der Waals surface area contributed by atoms with Crippen molar-refractivity contribution in [3.05, 3.63) is 33.6 Å². The van der Waals surface area contributed by atoms with Crippen molar-refractivity contribution in [3.63, 3.8) is 0 Å². The summed E-state index contributed by atoms with van der Waals surface area (Å²) in [6.07, 6.45) is 1.07. The summed E-state index contributed by atoms with van der Waals surface area (Å²) in [5.74, 6) is 1.22. The zero-order chi connectivity index (χ0) is 15.4. The van der Waals surface area contributed by atoms with Crippen molar-refractivity contribution in [2.75, 3.05) is 18.5 Å². The molecule has 0 fully saturated rings. The maximum atomic E-state index is 4.60. The Labute approximate surface area is 131 Å². The van der Waals surface area contributed by atoms with Crippen LogP contribution in [-0.2, 0) is 20.0 Å². The first-order valence-corrected chi connectivity index (χ1v) is 8.41. The van der Waals surface area contributed by atoms with E-state index in [-0.39, 0.29) is 0 Å². The molecule has 1 N–H and O–H groups in total. The molecule has 2 aromatic rings. The number of nitrogens with zero attached hydrogens (tertiary/aromatic N) is 3. The average molecular weight is 306 g/mol. The summed E-state index contributed by atoms with van der Waals surface area (Å²) in [6.45, 7) is 8.35. The number of aryl methyl sites for hydroxylation is 2. The van der Waals surface area contributed by atoms with Crippen molar-refractivity contribution in [1.82, 2.24) is 15.1 Å². The Morgan fingerprint density at radius 3 is 2.86 bits per heavy atom. The maximum absolute atomic E-state index is 4.60. The molecule has 0 bridgehead atoms. The molecule has 0 saturated heterocycles. The predicted octanol–water partition coefficient (Wildman–Crippen LogP) is 2.97. The van der Waals surface area contributed by atoms with Crippen molar-refractivity contribution in [2.45, 2.75) is 39.8 Å². The molecule has 0 aromatic carbocycles. The van der Waals surface area contributed by atoms with E-state index >= 15 is 0 Å². The van der Waals surface area contributed by atoms with Crippen LogP contribution < -0.4 is 10.2 Å². The number of anilines is 1. The third kappa shape index (κ3) is 3.66. The largest absolute Gasteiger partial charge is 0.357 e. The molecule has 2 rings (SSSR count). The van der Waals surface area contributed by atoms with E-state index in [4.69, 9.17) is 0 Å². The zero-order valence-electron chi connectivity index (χ0n) is 13.7. The number of hydrogen-bond acceptors (Lipinski definition) is 4. The van der Waals surface area contributed by atoms with Crippen LogP contribution >= 0.6 is 11.3 Å². The second kappa shape index (κ2) is 7.09. The van der Waals surface area contributed by atoms with Gasteiger partial charge in [-0.1, -0.05) is 13.0 Å². The highest BCUT2D eigenvalue weighted by Crippen LogP contribution is 2.25. The molecule has 5 heteroatoms. The van der Waals surface area contributed by atoms with Gasteiger partial charge in [-0.05, 0) is 31.8 Å². The van der Waals surface area contributed by atoms with E-state index in [1.165, 1.54) is 16.3 Å². The standard InChI is InChI=1S/C16H26N4S/c1-6-17-11-15-13(3)18-20(5)16(15)19(4)12(2)10-14-8-7-9-21-14/h7-9,12,17H,6,10-11H2,1-5H3. The molecule has 0 aliphatic rings. The van der Waals surface area contributed by atoms with Crippen LogP contribution in [0.2, 0.25) is 0 Å². The summed E-state index contributed by atoms with van der Waals surface area (Å²) >= 11 is 1.83. The van der Waals surface area contributed by atoms with Gasteiger partial charge in [0.25, 0.3) is 0 Å². The minimum Gasteiger partial charge on any atom is -0.357 e. The fourth-order valence-electron chi connectivity index (χ4n) is 2.65. The molecule has 2 heterocycles. The van der Waals surface area contributed by atoms with Gasteiger partial charge in [0.1, 0.15) is 5.82 Å². The van der Waals surface area contributed by atoms with E-state index in [2.05, 4.69) is 60.6 Å². The van der Waals surface area contributed by atoms with E-state index in [0.717, 1.165) is 25.2 Å². The predicted molar refractivity (Wildman–Crippen MR) is 91.2 cm³/mol. The molecule has 1 unspecified atom stereocenters. The quantitative estimate of drug-likeness (QED) is 0.854. The van der Waals surface area contributed by atoms with Crippen LogP contribution in [0.15, 0.2) is 17.5 Å². The average Bonchev–Trinajstić information content (AvgIpc) is 3.03. The van der Waals surface area contributed by atoms with Crippen LogP contribution in [-0.4, -0.2) is 29.4 Å². The SMILES string of the molecule is CCNCc1c(C)nn(C)c1N(C)C(C)Cc1cccs1. The fraction of sp³-hybridized carbons (Fsp3) is 0.562. The number of aromatic nitrogens is 2. The lowest BCUT2D eigenvalue weighted by Gasteiger charge is -2.28. The van der Waals surface area contributed by atoms with Crippen molar-refractivity contribution >= 4 is 17.2 Å². The van der Waals surface area contributed by atoms with Crippen molar-refractivity contribution in [1.29, 1.82) is 0 Å². The van der Waals surface area contributed by atoms with E-state index in [0.29, 0.717) is 6.04 Å². The summed E-state index contributed by atoms with van der Waals surface area (Å²) in [6, 6.07) is 4.78. The van der Waals surface area contributed by atoms with E-state index in [9.17, 15) is 0 Å². The summed E-state index contributed by atoms with van der Waals surface area (Å²) in [4.78, 5) is 3.79. The van der Waals surface area contributed by atoms with Crippen molar-refractivity contribution in [2.24, 2.45) is 7.05 Å². The van der Waals surface area contributed by atoms with Gasteiger partial charge in [-0.3, -0.25) is 4.68 Å². The zero-order valence-corrected chi connectivity index (χ0v) is 14.5. The molecule has 2 aromatic heterocycles. The minimum absolute atomic E-state index is 0.443. The molecule has 0 amide bonds. The van der Waals surface area contributed by atoms with Crippen molar-refractivity contribution in [3.8, 4) is 0 Å². The van der Waals surface area contributed by atoms with E-state index < -0.39 is 0 Å². The smallest absolute Gasteiger partial charge is 0.131 e. The van der Waals surface area contributed by atoms with E-state index in [1.54, 1.807) is 0 Å². The summed E-state index contributed by atoms with van der Waals surface area (Å²) in [5, 5.41) is 10.2. The highest BCUT2D eigenvalue weighted by molar-refractivity contribution is 7.09. The molecule has 116 valence electrons. The Morgan fingerprint density at radius 1 is 1.48 bits per heavy atom. The molecule has 4 nitrogen and oxygen atoms in total. The normalized spacial score (nSPS) is 12.6. The van der Waals surface area contributed by atoms with Crippen LogP contribution in [0.25, 0.3) is 0 Å². The summed E-state index contributed by atoms with van der Waals surface area (Å²) in [5.41, 5.74) is 2.42. The van der Waals surface area contributed by atoms with Gasteiger partial charge >= 0.3 is 0 Å². The lowest BCUT2D eigenvalue weighted by atomic mass is 10.1. The number of likely N-dealkylation sites (N-methyl/N-ethyl adjacent to an activating group) is 1. The Kier molecular flexibility index (Phi) is 5.42. The van der Waals surface area contributed by atoms with Crippen LogP contribution in [0.5, 0.6) is 0 Å². The number of hydrogen-bond donors (Lipinski definition) is 1. The minimum atomic E-state index is 0.443. The Morgan fingerprint density at radius 2 is 2.24 bits per heavy atom. The topological polar surface area (TPSA) is 33.1 Å². The Balaban J connectivity index is 2.19. The Bertz CT molecular complexity index is 559. The maximum Gasteiger partial charge on any atom is 0.131 e. The molecule has 0 radical (unpaired) electrons. The Hall–Kier alpha value is -1.33. The van der Waals surface area contributed by atoms with E-state index in [1.807, 2.05) is 23.1 Å². The van der Waals surface area contributed by atoms with Crippen LogP contribution in [0.1, 0.15) is 30.0 Å². The first-order valence-electron chi connectivity index (χ1n) is 7.53. The van der Waals surface area contributed by atoms with Gasteiger partial charge in [0.2, 0.25) is 0 Å². The molecule has 0 spiro atoms. The summed E-state index contributed by atoms with van der Waals surface area (Å²) in [7, 11) is 4.20. The highest BCUT2D eigenvalue weighted by atomic mass is 32.1. The van der Waals surface area contributed by atoms with Gasteiger partial charge < -0.3 is 10.2 Å². The first kappa shape index (κ1) is 16.0. The van der Waals surface area contributed by atoms with Crippen molar-refractivity contribution < 1.29 is 0 Å². The van der Waals surface area contributed by atoms with Crippen LogP contribution in [0.4, 0.5) is 5.82 Å². The van der Waals surface area contributed by atoms with Crippen LogP contribution in [0.3, 0.4) is 0 Å². The molecule has 0 aliphatic carbocycles. The number of rotatable bonds is 7. The third-order valence-corrected chi connectivity index (χ3v) is 4.84. The van der Waals surface area contributed by atoms with Gasteiger partial charge in [-0.2, -0.15) is 5.10 Å². The van der Waals surface area contributed by atoms with Crippen LogP contribution in [0, 0.1) is 6.92 Å². The molecular weight excluding hydrogens is 280 g/mol. The number of thiophene rings is 1. The van der Waals surface area contributed by atoms with Gasteiger partial charge in [0.15, 0.2) is 0 Å².